The maximum atomic E-state index is 12.1. The van der Waals surface area contributed by atoms with Crippen molar-refractivity contribution in [3.8, 4) is 0 Å². The Balaban J connectivity index is 2.28. The van der Waals surface area contributed by atoms with E-state index in [4.69, 9.17) is 0 Å². The Hall–Kier alpha value is -1.14. The summed E-state index contributed by atoms with van der Waals surface area (Å²) in [4.78, 5) is 12.1. The SMILES string of the molecule is CC(C)S(=O)(=O)CCn1ccc2sccc2c1=O. The lowest BCUT2D eigenvalue weighted by molar-refractivity contribution is 0.579. The third kappa shape index (κ3) is 2.49. The Bertz CT molecular complexity index is 710. The predicted molar refractivity (Wildman–Crippen MR) is 75.0 cm³/mol. The Kier molecular flexibility index (Phi) is 3.59. The maximum Gasteiger partial charge on any atom is 0.259 e. The van der Waals surface area contributed by atoms with E-state index >= 15 is 0 Å². The van der Waals surface area contributed by atoms with Gasteiger partial charge in [0.15, 0.2) is 9.84 Å². The Labute approximate surface area is 110 Å². The summed E-state index contributed by atoms with van der Waals surface area (Å²) >= 11 is 1.51. The molecule has 98 valence electrons. The van der Waals surface area contributed by atoms with Gasteiger partial charge in [-0.25, -0.2) is 8.42 Å². The van der Waals surface area contributed by atoms with Crippen LogP contribution in [0, 0.1) is 0 Å². The molecule has 2 aromatic rings. The summed E-state index contributed by atoms with van der Waals surface area (Å²) in [6.07, 6.45) is 1.66. The van der Waals surface area contributed by atoms with Gasteiger partial charge >= 0.3 is 0 Å². The molecule has 6 heteroatoms. The molecule has 18 heavy (non-hydrogen) atoms. The smallest absolute Gasteiger partial charge is 0.259 e. The molecule has 2 heterocycles. The van der Waals surface area contributed by atoms with Crippen molar-refractivity contribution in [2.45, 2.75) is 25.6 Å². The van der Waals surface area contributed by atoms with Crippen LogP contribution in [-0.2, 0) is 16.4 Å². The van der Waals surface area contributed by atoms with Gasteiger partial charge in [0.2, 0.25) is 0 Å². The van der Waals surface area contributed by atoms with Gasteiger partial charge in [0.25, 0.3) is 5.56 Å². The zero-order valence-electron chi connectivity index (χ0n) is 10.3. The van der Waals surface area contributed by atoms with E-state index in [9.17, 15) is 13.2 Å². The second kappa shape index (κ2) is 4.85. The van der Waals surface area contributed by atoms with Crippen molar-refractivity contribution < 1.29 is 8.42 Å². The standard InChI is InChI=1S/C12H15NO3S2/c1-9(2)18(15,16)8-6-13-5-3-11-10(12(13)14)4-7-17-11/h3-5,7,9H,6,8H2,1-2H3. The van der Waals surface area contributed by atoms with Gasteiger partial charge in [-0.1, -0.05) is 0 Å². The number of nitrogens with zero attached hydrogens (tertiary/aromatic N) is 1. The molecule has 0 aliphatic rings. The Morgan fingerprint density at radius 1 is 1.33 bits per heavy atom. The van der Waals surface area contributed by atoms with Crippen LogP contribution in [0.25, 0.3) is 10.1 Å². The first kappa shape index (κ1) is 13.3. The molecular formula is C12H15NO3S2. The second-order valence-electron chi connectivity index (χ2n) is 4.43. The van der Waals surface area contributed by atoms with Crippen LogP contribution in [-0.4, -0.2) is 24.0 Å². The normalized spacial score (nSPS) is 12.4. The summed E-state index contributed by atoms with van der Waals surface area (Å²) < 4.78 is 25.8. The molecule has 0 unspecified atom stereocenters. The van der Waals surface area contributed by atoms with E-state index in [1.165, 1.54) is 15.9 Å². The van der Waals surface area contributed by atoms with Gasteiger partial charge in [0.05, 0.1) is 16.4 Å². The molecule has 0 aliphatic heterocycles. The molecule has 0 radical (unpaired) electrons. The van der Waals surface area contributed by atoms with Crippen molar-refractivity contribution in [3.63, 3.8) is 0 Å². The molecule has 0 atom stereocenters. The summed E-state index contributed by atoms with van der Waals surface area (Å²) in [5.41, 5.74) is -0.118. The molecule has 0 amide bonds. The van der Waals surface area contributed by atoms with Gasteiger partial charge in [-0.05, 0) is 31.4 Å². The van der Waals surface area contributed by atoms with Crippen LogP contribution < -0.4 is 5.56 Å². The first-order valence-corrected chi connectivity index (χ1v) is 8.29. The van der Waals surface area contributed by atoms with Crippen LogP contribution >= 0.6 is 11.3 Å². The molecule has 0 aliphatic carbocycles. The quantitative estimate of drug-likeness (QED) is 0.862. The second-order valence-corrected chi connectivity index (χ2v) is 8.05. The van der Waals surface area contributed by atoms with E-state index < -0.39 is 15.1 Å². The molecule has 2 rings (SSSR count). The first-order valence-electron chi connectivity index (χ1n) is 5.70. The van der Waals surface area contributed by atoms with Crippen molar-refractivity contribution in [2.75, 3.05) is 5.75 Å². The minimum absolute atomic E-state index is 0.000215. The number of aromatic nitrogens is 1. The highest BCUT2D eigenvalue weighted by Gasteiger charge is 2.16. The van der Waals surface area contributed by atoms with Crippen LogP contribution in [0.1, 0.15) is 13.8 Å². The van der Waals surface area contributed by atoms with Crippen LogP contribution in [0.5, 0.6) is 0 Å². The van der Waals surface area contributed by atoms with Gasteiger partial charge in [0.1, 0.15) is 0 Å². The van der Waals surface area contributed by atoms with Gasteiger partial charge < -0.3 is 4.57 Å². The van der Waals surface area contributed by atoms with Crippen molar-refractivity contribution in [1.29, 1.82) is 0 Å². The molecule has 0 fully saturated rings. The molecule has 0 spiro atoms. The summed E-state index contributed by atoms with van der Waals surface area (Å²) in [5, 5.41) is 2.11. The van der Waals surface area contributed by atoms with Gasteiger partial charge in [-0.15, -0.1) is 11.3 Å². The highest BCUT2D eigenvalue weighted by molar-refractivity contribution is 7.91. The highest BCUT2D eigenvalue weighted by atomic mass is 32.2. The minimum atomic E-state index is -3.11. The highest BCUT2D eigenvalue weighted by Crippen LogP contribution is 2.16. The summed E-state index contributed by atoms with van der Waals surface area (Å²) in [5.74, 6) is 0.000215. The summed E-state index contributed by atoms with van der Waals surface area (Å²) in [6, 6.07) is 3.62. The summed E-state index contributed by atoms with van der Waals surface area (Å²) in [6.45, 7) is 3.52. The largest absolute Gasteiger partial charge is 0.314 e. The Morgan fingerprint density at radius 2 is 2.06 bits per heavy atom. The molecule has 0 aromatic carbocycles. The van der Waals surface area contributed by atoms with E-state index in [0.29, 0.717) is 5.39 Å². The Morgan fingerprint density at radius 3 is 2.72 bits per heavy atom. The maximum absolute atomic E-state index is 12.1. The fraction of sp³-hybridized carbons (Fsp3) is 0.417. The van der Waals surface area contributed by atoms with E-state index in [-0.39, 0.29) is 17.9 Å². The predicted octanol–water partition coefficient (Wildman–Crippen LogP) is 1.89. The number of hydrogen-bond acceptors (Lipinski definition) is 4. The van der Waals surface area contributed by atoms with E-state index in [1.54, 1.807) is 26.1 Å². The third-order valence-electron chi connectivity index (χ3n) is 2.93. The number of pyridine rings is 1. The average molecular weight is 285 g/mol. The lowest BCUT2D eigenvalue weighted by Gasteiger charge is -2.09. The van der Waals surface area contributed by atoms with Crippen molar-refractivity contribution >= 4 is 31.3 Å². The molecule has 0 saturated carbocycles. The van der Waals surface area contributed by atoms with Crippen molar-refractivity contribution in [2.24, 2.45) is 0 Å². The molecule has 4 nitrogen and oxygen atoms in total. The van der Waals surface area contributed by atoms with Crippen LogP contribution in [0.3, 0.4) is 0 Å². The van der Waals surface area contributed by atoms with E-state index in [0.717, 1.165) is 4.70 Å². The number of fused-ring (bicyclic) bond motifs is 1. The number of sulfone groups is 1. The zero-order chi connectivity index (χ0) is 13.3. The molecule has 0 N–H and O–H groups in total. The van der Waals surface area contributed by atoms with Crippen molar-refractivity contribution in [3.05, 3.63) is 34.1 Å². The monoisotopic (exact) mass is 285 g/mol. The van der Waals surface area contributed by atoms with Crippen LogP contribution in [0.15, 0.2) is 28.5 Å². The van der Waals surface area contributed by atoms with Gasteiger partial charge in [-0.3, -0.25) is 4.79 Å². The summed E-state index contributed by atoms with van der Waals surface area (Å²) in [7, 11) is -3.11. The minimum Gasteiger partial charge on any atom is -0.314 e. The average Bonchev–Trinajstić information content (AvgIpc) is 2.77. The van der Waals surface area contributed by atoms with E-state index in [1.807, 2.05) is 11.4 Å². The van der Waals surface area contributed by atoms with Gasteiger partial charge in [-0.2, -0.15) is 0 Å². The van der Waals surface area contributed by atoms with Gasteiger partial charge in [0, 0.05) is 17.4 Å². The van der Waals surface area contributed by atoms with Crippen LogP contribution in [0.4, 0.5) is 0 Å². The van der Waals surface area contributed by atoms with Crippen LogP contribution in [0.2, 0.25) is 0 Å². The molecule has 2 aromatic heterocycles. The van der Waals surface area contributed by atoms with Crippen molar-refractivity contribution in [1.82, 2.24) is 4.57 Å². The first-order chi connectivity index (χ1) is 8.42. The number of hydrogen-bond donors (Lipinski definition) is 0. The molecular weight excluding hydrogens is 270 g/mol. The lowest BCUT2D eigenvalue weighted by Crippen LogP contribution is -2.26. The molecule has 0 saturated heterocycles. The third-order valence-corrected chi connectivity index (χ3v) is 6.00. The number of rotatable bonds is 4. The topological polar surface area (TPSA) is 56.1 Å². The molecule has 0 bridgehead atoms. The fourth-order valence-electron chi connectivity index (χ4n) is 1.64. The fourth-order valence-corrected chi connectivity index (χ4v) is 3.34. The zero-order valence-corrected chi connectivity index (χ0v) is 11.9. The lowest BCUT2D eigenvalue weighted by atomic mass is 10.3. The van der Waals surface area contributed by atoms with E-state index in [2.05, 4.69) is 0 Å². The number of thiophene rings is 1. The number of aryl methyl sites for hydroxylation is 1.